The molecule has 0 spiro atoms. The van der Waals surface area contributed by atoms with Gasteiger partial charge in [-0.15, -0.1) is 0 Å². The average molecular weight is 236 g/mol. The van der Waals surface area contributed by atoms with E-state index >= 15 is 0 Å². The van der Waals surface area contributed by atoms with Gasteiger partial charge in [0.25, 0.3) is 0 Å². The fourth-order valence-electron chi connectivity index (χ4n) is 1.64. The molecule has 0 aliphatic heterocycles. The Bertz CT molecular complexity index is 379. The van der Waals surface area contributed by atoms with Crippen molar-refractivity contribution in [3.05, 3.63) is 11.9 Å². The Labute approximate surface area is 102 Å². The Morgan fingerprint density at radius 2 is 2.24 bits per heavy atom. The molecule has 5 heteroatoms. The van der Waals surface area contributed by atoms with E-state index in [2.05, 4.69) is 20.2 Å². The van der Waals surface area contributed by atoms with Gasteiger partial charge >= 0.3 is 0 Å². The molecule has 1 heterocycles. The van der Waals surface area contributed by atoms with E-state index in [1.165, 1.54) is 12.8 Å². The molecule has 1 aromatic rings. The number of aromatic nitrogens is 2. The van der Waals surface area contributed by atoms with Crippen LogP contribution in [0, 0.1) is 0 Å². The Morgan fingerprint density at radius 3 is 2.82 bits per heavy atom. The number of likely N-dealkylation sites (N-methyl/N-ethyl adjacent to an activating group) is 1. The lowest BCUT2D eigenvalue weighted by Crippen LogP contribution is -2.23. The van der Waals surface area contributed by atoms with Crippen LogP contribution in [0.15, 0.2) is 6.07 Å². The monoisotopic (exact) mass is 236 g/mol. The van der Waals surface area contributed by atoms with E-state index in [9.17, 15) is 0 Å². The molecular weight excluding hydrogens is 216 g/mol. The summed E-state index contributed by atoms with van der Waals surface area (Å²) in [7, 11) is 5.62. The first-order valence-electron chi connectivity index (χ1n) is 6.01. The number of nitrogens with zero attached hydrogens (tertiary/aromatic N) is 3. The number of hydrogen-bond donors (Lipinski definition) is 1. The largest absolute Gasteiger partial charge is 0.383 e. The van der Waals surface area contributed by atoms with Gasteiger partial charge in [-0.05, 0) is 12.8 Å². The lowest BCUT2D eigenvalue weighted by Gasteiger charge is -2.19. The summed E-state index contributed by atoms with van der Waals surface area (Å²) in [6.45, 7) is 1.54. The van der Waals surface area contributed by atoms with Gasteiger partial charge in [0.15, 0.2) is 0 Å². The summed E-state index contributed by atoms with van der Waals surface area (Å²) in [5.41, 5.74) is 0. The summed E-state index contributed by atoms with van der Waals surface area (Å²) in [4.78, 5) is 11.2. The highest BCUT2D eigenvalue weighted by Gasteiger charge is 2.27. The summed E-state index contributed by atoms with van der Waals surface area (Å²) in [5.74, 6) is 3.39. The zero-order chi connectivity index (χ0) is 12.3. The minimum atomic E-state index is 0.567. The first-order valence-corrected chi connectivity index (χ1v) is 6.01. The number of hydrogen-bond acceptors (Lipinski definition) is 5. The fraction of sp³-hybridized carbons (Fsp3) is 0.667. The van der Waals surface area contributed by atoms with E-state index in [1.807, 2.05) is 20.2 Å². The van der Waals surface area contributed by atoms with Crippen LogP contribution in [0.5, 0.6) is 0 Å². The summed E-state index contributed by atoms with van der Waals surface area (Å²) < 4.78 is 5.08. The van der Waals surface area contributed by atoms with Gasteiger partial charge in [0.1, 0.15) is 17.5 Å². The van der Waals surface area contributed by atoms with Crippen LogP contribution in [0.1, 0.15) is 24.6 Å². The Hall–Kier alpha value is -1.36. The number of methoxy groups -OCH3 is 1. The second kappa shape index (κ2) is 5.31. The molecule has 0 atom stereocenters. The van der Waals surface area contributed by atoms with Crippen LogP contribution in [0.2, 0.25) is 0 Å². The zero-order valence-electron chi connectivity index (χ0n) is 10.7. The molecule has 5 nitrogen and oxygen atoms in total. The molecule has 1 aliphatic carbocycles. The molecular formula is C12H20N4O. The maximum Gasteiger partial charge on any atom is 0.136 e. The van der Waals surface area contributed by atoms with E-state index < -0.39 is 0 Å². The number of nitrogens with one attached hydrogen (secondary N) is 1. The van der Waals surface area contributed by atoms with E-state index in [4.69, 9.17) is 4.74 Å². The lowest BCUT2D eigenvalue weighted by molar-refractivity contribution is 0.206. The Morgan fingerprint density at radius 1 is 1.47 bits per heavy atom. The van der Waals surface area contributed by atoms with Gasteiger partial charge in [0, 0.05) is 39.7 Å². The normalized spacial score (nSPS) is 14.8. The zero-order valence-corrected chi connectivity index (χ0v) is 10.7. The van der Waals surface area contributed by atoms with Gasteiger partial charge in [-0.3, -0.25) is 0 Å². The smallest absolute Gasteiger partial charge is 0.136 e. The average Bonchev–Trinajstić information content (AvgIpc) is 3.19. The third-order valence-electron chi connectivity index (χ3n) is 2.95. The van der Waals surface area contributed by atoms with Gasteiger partial charge in [-0.25, -0.2) is 9.97 Å². The fourth-order valence-corrected chi connectivity index (χ4v) is 1.64. The summed E-state index contributed by atoms with van der Waals surface area (Å²) in [6.07, 6.45) is 2.43. The van der Waals surface area contributed by atoms with Gasteiger partial charge < -0.3 is 15.0 Å². The van der Waals surface area contributed by atoms with E-state index in [0.29, 0.717) is 12.5 Å². The molecule has 0 unspecified atom stereocenters. The second-order valence-electron chi connectivity index (χ2n) is 4.41. The molecule has 0 saturated heterocycles. The van der Waals surface area contributed by atoms with Gasteiger partial charge in [0.2, 0.25) is 0 Å². The molecule has 1 saturated carbocycles. The van der Waals surface area contributed by atoms with Crippen molar-refractivity contribution >= 4 is 11.6 Å². The molecule has 2 rings (SSSR count). The van der Waals surface area contributed by atoms with Crippen LogP contribution < -0.4 is 10.2 Å². The van der Waals surface area contributed by atoms with Crippen LogP contribution >= 0.6 is 0 Å². The molecule has 94 valence electrons. The topological polar surface area (TPSA) is 50.3 Å². The van der Waals surface area contributed by atoms with Crippen LogP contribution in [-0.2, 0) is 4.74 Å². The third-order valence-corrected chi connectivity index (χ3v) is 2.95. The number of anilines is 2. The minimum Gasteiger partial charge on any atom is -0.383 e. The van der Waals surface area contributed by atoms with E-state index in [-0.39, 0.29) is 0 Å². The van der Waals surface area contributed by atoms with Crippen LogP contribution in [0.25, 0.3) is 0 Å². The lowest BCUT2D eigenvalue weighted by atomic mass is 10.3. The second-order valence-corrected chi connectivity index (χ2v) is 4.41. The number of rotatable bonds is 6. The predicted molar refractivity (Wildman–Crippen MR) is 68.7 cm³/mol. The van der Waals surface area contributed by atoms with Gasteiger partial charge in [-0.1, -0.05) is 0 Å². The maximum atomic E-state index is 5.08. The van der Waals surface area contributed by atoms with Crippen molar-refractivity contribution in [1.82, 2.24) is 9.97 Å². The van der Waals surface area contributed by atoms with Crippen LogP contribution in [0.4, 0.5) is 11.6 Å². The quantitative estimate of drug-likeness (QED) is 0.810. The number of ether oxygens (including phenoxy) is 1. The molecule has 0 radical (unpaired) electrons. The van der Waals surface area contributed by atoms with Crippen LogP contribution in [0.3, 0.4) is 0 Å². The van der Waals surface area contributed by atoms with Gasteiger partial charge in [0.05, 0.1) is 6.61 Å². The molecule has 0 amide bonds. The summed E-state index contributed by atoms with van der Waals surface area (Å²) in [5, 5.41) is 3.09. The van der Waals surface area contributed by atoms with Crippen molar-refractivity contribution in [2.24, 2.45) is 0 Å². The van der Waals surface area contributed by atoms with Crippen molar-refractivity contribution in [2.45, 2.75) is 18.8 Å². The maximum absolute atomic E-state index is 5.08. The predicted octanol–water partition coefficient (Wildman–Crippen LogP) is 1.48. The standard InChI is InChI=1S/C12H20N4O/c1-13-10-8-11(16(2)6-7-17-3)15-12(14-10)9-4-5-9/h8-9H,4-7H2,1-3H3,(H,13,14,15). The van der Waals surface area contributed by atoms with E-state index in [1.54, 1.807) is 7.11 Å². The molecule has 1 fully saturated rings. The van der Waals surface area contributed by atoms with Crippen molar-refractivity contribution in [3.63, 3.8) is 0 Å². The Balaban J connectivity index is 2.16. The Kier molecular flexibility index (Phi) is 3.78. The molecule has 0 aromatic carbocycles. The van der Waals surface area contributed by atoms with Crippen LogP contribution in [-0.4, -0.2) is 44.3 Å². The van der Waals surface area contributed by atoms with Crippen molar-refractivity contribution < 1.29 is 4.74 Å². The highest BCUT2D eigenvalue weighted by molar-refractivity contribution is 5.49. The highest BCUT2D eigenvalue weighted by Crippen LogP contribution is 2.39. The minimum absolute atomic E-state index is 0.567. The first-order chi connectivity index (χ1) is 8.24. The van der Waals surface area contributed by atoms with E-state index in [0.717, 1.165) is 24.0 Å². The van der Waals surface area contributed by atoms with Gasteiger partial charge in [-0.2, -0.15) is 0 Å². The molecule has 1 aromatic heterocycles. The molecule has 0 bridgehead atoms. The molecule has 1 N–H and O–H groups in total. The molecule has 1 aliphatic rings. The van der Waals surface area contributed by atoms with Crippen molar-refractivity contribution in [2.75, 3.05) is 44.6 Å². The van der Waals surface area contributed by atoms with Crippen molar-refractivity contribution in [3.8, 4) is 0 Å². The third kappa shape index (κ3) is 3.06. The summed E-state index contributed by atoms with van der Waals surface area (Å²) >= 11 is 0. The SMILES string of the molecule is CNc1cc(N(C)CCOC)nc(C2CC2)n1. The highest BCUT2D eigenvalue weighted by atomic mass is 16.5. The molecule has 17 heavy (non-hydrogen) atoms. The first kappa shape index (κ1) is 12.1. The van der Waals surface area contributed by atoms with Crippen molar-refractivity contribution in [1.29, 1.82) is 0 Å². The summed E-state index contributed by atoms with van der Waals surface area (Å²) in [6, 6.07) is 1.97.